The zero-order valence-electron chi connectivity index (χ0n) is 8.67. The summed E-state index contributed by atoms with van der Waals surface area (Å²) in [4.78, 5) is 12.9. The van der Waals surface area contributed by atoms with Gasteiger partial charge in [-0.1, -0.05) is 0 Å². The molecule has 0 saturated heterocycles. The van der Waals surface area contributed by atoms with Crippen LogP contribution in [-0.2, 0) is 0 Å². The predicted molar refractivity (Wildman–Crippen MR) is 58.3 cm³/mol. The van der Waals surface area contributed by atoms with Gasteiger partial charge in [0.1, 0.15) is 5.03 Å². The Morgan fingerprint density at radius 1 is 1.60 bits per heavy atom. The average Bonchev–Trinajstić information content (AvgIpc) is 2.17. The molecule has 0 aliphatic carbocycles. The van der Waals surface area contributed by atoms with Crippen molar-refractivity contribution in [2.75, 3.05) is 26.4 Å². The fraction of sp³-hybridized carbons (Fsp3) is 0.444. The second kappa shape index (κ2) is 5.67. The zero-order valence-corrected chi connectivity index (χ0v) is 9.49. The Kier molecular flexibility index (Phi) is 4.51. The van der Waals surface area contributed by atoms with Crippen molar-refractivity contribution in [3.05, 3.63) is 17.8 Å². The topological polar surface area (TPSA) is 66.3 Å². The Morgan fingerprint density at radius 2 is 2.33 bits per heavy atom. The molecule has 5 nitrogen and oxygen atoms in total. The Balaban J connectivity index is 2.63. The number of aromatic nitrogens is 2. The summed E-state index contributed by atoms with van der Waals surface area (Å²) in [6.45, 7) is 0.875. The second-order valence-electron chi connectivity index (χ2n) is 3.21. The Bertz CT molecular complexity index is 344. The molecule has 0 amide bonds. The van der Waals surface area contributed by atoms with E-state index in [0.29, 0.717) is 5.03 Å². The number of hydrogen-bond donors (Lipinski definition) is 1. The van der Waals surface area contributed by atoms with Gasteiger partial charge in [-0.25, -0.2) is 4.79 Å². The molecule has 0 aliphatic heterocycles. The lowest BCUT2D eigenvalue weighted by Crippen LogP contribution is -2.15. The van der Waals surface area contributed by atoms with E-state index in [1.165, 1.54) is 24.0 Å². The summed E-state index contributed by atoms with van der Waals surface area (Å²) >= 11 is 1.41. The minimum absolute atomic E-state index is 0.216. The quantitative estimate of drug-likeness (QED) is 0.751. The molecule has 0 aromatic carbocycles. The summed E-state index contributed by atoms with van der Waals surface area (Å²) in [7, 11) is 3.94. The van der Waals surface area contributed by atoms with Gasteiger partial charge in [0.25, 0.3) is 0 Å². The van der Waals surface area contributed by atoms with Crippen LogP contribution in [0.1, 0.15) is 10.4 Å². The van der Waals surface area contributed by atoms with E-state index < -0.39 is 5.97 Å². The van der Waals surface area contributed by atoms with Crippen molar-refractivity contribution in [2.45, 2.75) is 5.03 Å². The van der Waals surface area contributed by atoms with Gasteiger partial charge in [-0.05, 0) is 20.2 Å². The van der Waals surface area contributed by atoms with Gasteiger partial charge in [-0.15, -0.1) is 16.9 Å². The highest BCUT2D eigenvalue weighted by Crippen LogP contribution is 2.18. The molecule has 1 heterocycles. The van der Waals surface area contributed by atoms with Crippen LogP contribution in [0.4, 0.5) is 0 Å². The van der Waals surface area contributed by atoms with Gasteiger partial charge in [0, 0.05) is 12.3 Å². The van der Waals surface area contributed by atoms with Crippen molar-refractivity contribution in [3.63, 3.8) is 0 Å². The summed E-state index contributed by atoms with van der Waals surface area (Å²) < 4.78 is 0. The summed E-state index contributed by atoms with van der Waals surface area (Å²) in [5.74, 6) is -0.163. The second-order valence-corrected chi connectivity index (χ2v) is 4.29. The number of nitrogens with zero attached hydrogens (tertiary/aromatic N) is 3. The molecular formula is C9H13N3O2S. The van der Waals surface area contributed by atoms with Gasteiger partial charge in [0.05, 0.1) is 11.8 Å². The predicted octanol–water partition coefficient (Wildman–Crippen LogP) is 0.829. The van der Waals surface area contributed by atoms with Crippen molar-refractivity contribution < 1.29 is 9.90 Å². The normalized spacial score (nSPS) is 10.6. The van der Waals surface area contributed by atoms with Gasteiger partial charge < -0.3 is 10.0 Å². The van der Waals surface area contributed by atoms with Crippen LogP contribution in [0.3, 0.4) is 0 Å². The molecule has 15 heavy (non-hydrogen) atoms. The van der Waals surface area contributed by atoms with Crippen LogP contribution in [-0.4, -0.2) is 52.6 Å². The molecule has 0 bridgehead atoms. The van der Waals surface area contributed by atoms with Gasteiger partial charge in [0.2, 0.25) is 0 Å². The van der Waals surface area contributed by atoms with Crippen molar-refractivity contribution in [1.29, 1.82) is 0 Å². The lowest BCUT2D eigenvalue weighted by atomic mass is 10.3. The summed E-state index contributed by atoms with van der Waals surface area (Å²) in [5.41, 5.74) is 0.216. The fourth-order valence-corrected chi connectivity index (χ4v) is 1.98. The molecule has 1 aromatic rings. The van der Waals surface area contributed by atoms with E-state index in [2.05, 4.69) is 10.2 Å². The Labute approximate surface area is 92.5 Å². The van der Waals surface area contributed by atoms with Gasteiger partial charge >= 0.3 is 5.97 Å². The van der Waals surface area contributed by atoms with Crippen LogP contribution in [0.2, 0.25) is 0 Å². The van der Waals surface area contributed by atoms with Crippen molar-refractivity contribution in [3.8, 4) is 0 Å². The summed E-state index contributed by atoms with van der Waals surface area (Å²) in [6, 6.07) is 1.47. The number of carbonyl (C=O) groups is 1. The highest BCUT2D eigenvalue weighted by molar-refractivity contribution is 7.99. The van der Waals surface area contributed by atoms with Crippen LogP contribution in [0.5, 0.6) is 0 Å². The molecule has 0 radical (unpaired) electrons. The van der Waals surface area contributed by atoms with Gasteiger partial charge in [0.15, 0.2) is 0 Å². The van der Waals surface area contributed by atoms with E-state index >= 15 is 0 Å². The van der Waals surface area contributed by atoms with Crippen LogP contribution >= 0.6 is 11.8 Å². The molecular weight excluding hydrogens is 214 g/mol. The lowest BCUT2D eigenvalue weighted by Gasteiger charge is -2.08. The van der Waals surface area contributed by atoms with E-state index in [4.69, 9.17) is 5.11 Å². The van der Waals surface area contributed by atoms with Crippen LogP contribution < -0.4 is 0 Å². The molecule has 82 valence electrons. The third-order valence-corrected chi connectivity index (χ3v) is 2.66. The molecule has 1 N–H and O–H groups in total. The maximum atomic E-state index is 10.8. The molecule has 0 fully saturated rings. The van der Waals surface area contributed by atoms with Crippen LogP contribution in [0, 0.1) is 0 Å². The first-order chi connectivity index (χ1) is 7.11. The number of thioether (sulfide) groups is 1. The standard InChI is InChI=1S/C9H13N3O2S/c1-12(2)5-6-15-8-7(9(13)14)3-4-10-11-8/h3-4H,5-6H2,1-2H3,(H,13,14). The smallest absolute Gasteiger partial charge is 0.338 e. The van der Waals surface area contributed by atoms with Crippen LogP contribution in [0.15, 0.2) is 17.3 Å². The fourth-order valence-electron chi connectivity index (χ4n) is 0.913. The number of aromatic carboxylic acids is 1. The van der Waals surface area contributed by atoms with E-state index in [0.717, 1.165) is 12.3 Å². The first kappa shape index (κ1) is 11.9. The van der Waals surface area contributed by atoms with Crippen LogP contribution in [0.25, 0.3) is 0 Å². The third kappa shape index (κ3) is 3.85. The monoisotopic (exact) mass is 227 g/mol. The molecule has 1 aromatic heterocycles. The minimum Gasteiger partial charge on any atom is -0.478 e. The number of carboxylic acids is 1. The van der Waals surface area contributed by atoms with E-state index in [1.54, 1.807) is 0 Å². The zero-order chi connectivity index (χ0) is 11.3. The molecule has 6 heteroatoms. The SMILES string of the molecule is CN(C)CCSc1nnccc1C(=O)O. The molecule has 0 saturated carbocycles. The van der Waals surface area contributed by atoms with E-state index in [9.17, 15) is 4.79 Å². The summed E-state index contributed by atoms with van der Waals surface area (Å²) in [5, 5.41) is 16.8. The highest BCUT2D eigenvalue weighted by Gasteiger charge is 2.11. The van der Waals surface area contributed by atoms with Crippen molar-refractivity contribution in [2.24, 2.45) is 0 Å². The Hall–Kier alpha value is -1.14. The molecule has 0 atom stereocenters. The molecule has 0 spiro atoms. The summed E-state index contributed by atoms with van der Waals surface area (Å²) in [6.07, 6.45) is 1.39. The minimum atomic E-state index is -0.961. The van der Waals surface area contributed by atoms with Gasteiger partial charge in [-0.2, -0.15) is 5.10 Å². The van der Waals surface area contributed by atoms with Gasteiger partial charge in [-0.3, -0.25) is 0 Å². The third-order valence-electron chi connectivity index (χ3n) is 1.69. The maximum Gasteiger partial charge on any atom is 0.338 e. The first-order valence-electron chi connectivity index (χ1n) is 4.43. The number of carboxylic acid groups (broad SMARTS) is 1. The molecule has 0 aliphatic rings. The Morgan fingerprint density at radius 3 is 2.93 bits per heavy atom. The highest BCUT2D eigenvalue weighted by atomic mass is 32.2. The lowest BCUT2D eigenvalue weighted by molar-refractivity contribution is 0.0692. The number of rotatable bonds is 5. The first-order valence-corrected chi connectivity index (χ1v) is 5.42. The largest absolute Gasteiger partial charge is 0.478 e. The van der Waals surface area contributed by atoms with E-state index in [1.807, 2.05) is 19.0 Å². The molecule has 0 unspecified atom stereocenters. The maximum absolute atomic E-state index is 10.8. The van der Waals surface area contributed by atoms with E-state index in [-0.39, 0.29) is 5.56 Å². The molecule has 1 rings (SSSR count). The average molecular weight is 227 g/mol. The number of hydrogen-bond acceptors (Lipinski definition) is 5. The van der Waals surface area contributed by atoms with Crippen molar-refractivity contribution in [1.82, 2.24) is 15.1 Å². The van der Waals surface area contributed by atoms with Crippen molar-refractivity contribution >= 4 is 17.7 Å².